The molecule has 0 saturated heterocycles. The molecule has 0 fully saturated rings. The fourth-order valence-electron chi connectivity index (χ4n) is 1.66. The molecule has 96 valence electrons. The van der Waals surface area contributed by atoms with Crippen molar-refractivity contribution in [3.63, 3.8) is 0 Å². The van der Waals surface area contributed by atoms with Crippen molar-refractivity contribution in [3.8, 4) is 0 Å². The van der Waals surface area contributed by atoms with Gasteiger partial charge in [0.1, 0.15) is 0 Å². The molecule has 0 unspecified atom stereocenters. The van der Waals surface area contributed by atoms with Crippen molar-refractivity contribution >= 4 is 44.2 Å². The Labute approximate surface area is 117 Å². The Morgan fingerprint density at radius 3 is 3.05 bits per heavy atom. The second-order valence-electron chi connectivity index (χ2n) is 3.99. The molecule has 0 aliphatic heterocycles. The molecule has 0 saturated carbocycles. The van der Waals surface area contributed by atoms with E-state index in [1.54, 1.807) is 24.0 Å². The van der Waals surface area contributed by atoms with Gasteiger partial charge in [0, 0.05) is 18.3 Å². The van der Waals surface area contributed by atoms with Gasteiger partial charge >= 0.3 is 0 Å². The Kier molecular flexibility index (Phi) is 2.96. The third-order valence-electron chi connectivity index (χ3n) is 2.54. The predicted molar refractivity (Wildman–Crippen MR) is 75.8 cm³/mol. The van der Waals surface area contributed by atoms with Crippen LogP contribution < -0.4 is 5.32 Å². The van der Waals surface area contributed by atoms with Crippen molar-refractivity contribution in [3.05, 3.63) is 41.2 Å². The summed E-state index contributed by atoms with van der Waals surface area (Å²) in [6.45, 7) is 0. The lowest BCUT2D eigenvalue weighted by atomic mass is 10.3. The minimum absolute atomic E-state index is 0.224. The van der Waals surface area contributed by atoms with Crippen LogP contribution in [0, 0.1) is 0 Å². The maximum atomic E-state index is 11.9. The summed E-state index contributed by atoms with van der Waals surface area (Å²) in [5.74, 6) is -0.224. The number of thiazole rings is 1. The number of nitrogens with zero attached hydrogens (tertiary/aromatic N) is 3. The molecule has 0 radical (unpaired) electrons. The van der Waals surface area contributed by atoms with Gasteiger partial charge in [-0.1, -0.05) is 22.9 Å². The second-order valence-corrected chi connectivity index (χ2v) is 5.45. The molecule has 0 aliphatic carbocycles. The van der Waals surface area contributed by atoms with E-state index in [1.165, 1.54) is 17.5 Å². The van der Waals surface area contributed by atoms with Crippen LogP contribution in [0.3, 0.4) is 0 Å². The fraction of sp³-hybridized carbons (Fsp3) is 0.0833. The van der Waals surface area contributed by atoms with E-state index < -0.39 is 0 Å². The zero-order chi connectivity index (χ0) is 13.4. The molecule has 3 aromatic rings. The van der Waals surface area contributed by atoms with Crippen LogP contribution in [0.5, 0.6) is 0 Å². The highest BCUT2D eigenvalue weighted by atomic mass is 35.5. The van der Waals surface area contributed by atoms with Crippen molar-refractivity contribution in [2.45, 2.75) is 0 Å². The van der Waals surface area contributed by atoms with E-state index in [2.05, 4.69) is 15.4 Å². The highest BCUT2D eigenvalue weighted by Crippen LogP contribution is 2.28. The van der Waals surface area contributed by atoms with Crippen LogP contribution in [0.15, 0.2) is 30.6 Å². The molecule has 0 atom stereocenters. The lowest BCUT2D eigenvalue weighted by Crippen LogP contribution is -2.10. The molecule has 0 aliphatic rings. The highest BCUT2D eigenvalue weighted by Gasteiger charge is 2.11. The van der Waals surface area contributed by atoms with Crippen molar-refractivity contribution in [2.75, 3.05) is 5.32 Å². The molecule has 3 rings (SSSR count). The first-order chi connectivity index (χ1) is 9.11. The summed E-state index contributed by atoms with van der Waals surface area (Å²) < 4.78 is 2.52. The molecule has 0 spiro atoms. The van der Waals surface area contributed by atoms with Gasteiger partial charge in [-0.05, 0) is 18.2 Å². The first kappa shape index (κ1) is 12.1. The smallest absolute Gasteiger partial charge is 0.260 e. The lowest BCUT2D eigenvalue weighted by Gasteiger charge is -1.96. The zero-order valence-corrected chi connectivity index (χ0v) is 11.5. The number of hydrogen-bond acceptors (Lipinski definition) is 4. The molecule has 1 aromatic carbocycles. The molecule has 0 bridgehead atoms. The third-order valence-corrected chi connectivity index (χ3v) is 3.71. The normalized spacial score (nSPS) is 10.8. The van der Waals surface area contributed by atoms with Crippen LogP contribution in [0.4, 0.5) is 5.13 Å². The lowest BCUT2D eigenvalue weighted by molar-refractivity contribution is 0.102. The van der Waals surface area contributed by atoms with E-state index in [-0.39, 0.29) is 5.91 Å². The van der Waals surface area contributed by atoms with Gasteiger partial charge in [0.15, 0.2) is 5.13 Å². The van der Waals surface area contributed by atoms with E-state index in [0.29, 0.717) is 15.7 Å². The zero-order valence-electron chi connectivity index (χ0n) is 9.92. The molecule has 19 heavy (non-hydrogen) atoms. The molecular weight excluding hydrogens is 284 g/mol. The van der Waals surface area contributed by atoms with Crippen LogP contribution in [0.1, 0.15) is 10.4 Å². The van der Waals surface area contributed by atoms with Crippen LogP contribution in [-0.4, -0.2) is 20.7 Å². The topological polar surface area (TPSA) is 59.8 Å². The third kappa shape index (κ3) is 2.45. The van der Waals surface area contributed by atoms with Gasteiger partial charge in [0.05, 0.1) is 22.0 Å². The molecule has 1 amide bonds. The van der Waals surface area contributed by atoms with Gasteiger partial charge in [-0.25, -0.2) is 4.98 Å². The summed E-state index contributed by atoms with van der Waals surface area (Å²) in [6.07, 6.45) is 3.17. The van der Waals surface area contributed by atoms with Gasteiger partial charge < -0.3 is 0 Å². The standard InChI is InChI=1S/C12H9ClN4OS/c1-17-6-7(5-14-17)11(18)16-12-15-9-3-2-8(13)4-10(9)19-12/h2-6H,1H3,(H,15,16,18). The van der Waals surface area contributed by atoms with Crippen molar-refractivity contribution in [1.82, 2.24) is 14.8 Å². The van der Waals surface area contributed by atoms with Crippen LogP contribution in [0.2, 0.25) is 5.02 Å². The van der Waals surface area contributed by atoms with Crippen LogP contribution >= 0.6 is 22.9 Å². The summed E-state index contributed by atoms with van der Waals surface area (Å²) in [6, 6.07) is 5.43. The average Bonchev–Trinajstić information content (AvgIpc) is 2.94. The molecule has 2 heterocycles. The summed E-state index contributed by atoms with van der Waals surface area (Å²) in [4.78, 5) is 16.3. The molecule has 2 aromatic heterocycles. The van der Waals surface area contributed by atoms with Crippen molar-refractivity contribution in [1.29, 1.82) is 0 Å². The first-order valence-electron chi connectivity index (χ1n) is 5.48. The Bertz CT molecular complexity index is 764. The number of carbonyl (C=O) groups excluding carboxylic acids is 1. The molecule has 1 N–H and O–H groups in total. The number of amides is 1. The Hall–Kier alpha value is -1.92. The van der Waals surface area contributed by atoms with Gasteiger partial charge in [-0.3, -0.25) is 14.8 Å². The summed E-state index contributed by atoms with van der Waals surface area (Å²) in [7, 11) is 1.76. The number of aromatic nitrogens is 3. The number of nitrogens with one attached hydrogen (secondary N) is 1. The van der Waals surface area contributed by atoms with E-state index in [9.17, 15) is 4.79 Å². The number of anilines is 1. The van der Waals surface area contributed by atoms with E-state index in [4.69, 9.17) is 11.6 Å². The number of rotatable bonds is 2. The number of carbonyl (C=O) groups is 1. The average molecular weight is 293 g/mol. The Morgan fingerprint density at radius 2 is 2.32 bits per heavy atom. The SMILES string of the molecule is Cn1cc(C(=O)Nc2nc3ccc(Cl)cc3s2)cn1. The van der Waals surface area contributed by atoms with Crippen LogP contribution in [-0.2, 0) is 7.05 Å². The number of hydrogen-bond donors (Lipinski definition) is 1. The molecule has 7 heteroatoms. The number of benzene rings is 1. The van der Waals surface area contributed by atoms with Crippen LogP contribution in [0.25, 0.3) is 10.2 Å². The monoisotopic (exact) mass is 292 g/mol. The summed E-state index contributed by atoms with van der Waals surface area (Å²) >= 11 is 7.30. The van der Waals surface area contributed by atoms with Gasteiger partial charge in [-0.15, -0.1) is 0 Å². The quantitative estimate of drug-likeness (QED) is 0.790. The molecule has 5 nitrogen and oxygen atoms in total. The fourth-order valence-corrected chi connectivity index (χ4v) is 2.80. The number of fused-ring (bicyclic) bond motifs is 1. The summed E-state index contributed by atoms with van der Waals surface area (Å²) in [5, 5.41) is 7.91. The van der Waals surface area contributed by atoms with Gasteiger partial charge in [-0.2, -0.15) is 5.10 Å². The maximum Gasteiger partial charge on any atom is 0.260 e. The number of halogens is 1. The van der Waals surface area contributed by atoms with Crippen molar-refractivity contribution < 1.29 is 4.79 Å². The van der Waals surface area contributed by atoms with E-state index in [0.717, 1.165) is 10.2 Å². The maximum absolute atomic E-state index is 11.9. The second kappa shape index (κ2) is 4.64. The number of aryl methyl sites for hydroxylation is 1. The van der Waals surface area contributed by atoms with E-state index >= 15 is 0 Å². The Morgan fingerprint density at radius 1 is 1.47 bits per heavy atom. The van der Waals surface area contributed by atoms with Gasteiger partial charge in [0.2, 0.25) is 0 Å². The largest absolute Gasteiger partial charge is 0.298 e. The minimum Gasteiger partial charge on any atom is -0.298 e. The van der Waals surface area contributed by atoms with Gasteiger partial charge in [0.25, 0.3) is 5.91 Å². The Balaban J connectivity index is 1.87. The first-order valence-corrected chi connectivity index (χ1v) is 6.67. The summed E-state index contributed by atoms with van der Waals surface area (Å²) in [5.41, 5.74) is 1.32. The predicted octanol–water partition coefficient (Wildman–Crippen LogP) is 2.94. The minimum atomic E-state index is -0.224. The van der Waals surface area contributed by atoms with Crippen molar-refractivity contribution in [2.24, 2.45) is 7.05 Å². The highest BCUT2D eigenvalue weighted by molar-refractivity contribution is 7.22. The van der Waals surface area contributed by atoms with E-state index in [1.807, 2.05) is 12.1 Å². The molecular formula is C12H9ClN4OS.